The van der Waals surface area contributed by atoms with E-state index >= 15 is 0 Å². The summed E-state index contributed by atoms with van der Waals surface area (Å²) in [5.41, 5.74) is 0.904. The number of halogens is 7. The van der Waals surface area contributed by atoms with Gasteiger partial charge >= 0.3 is 6.18 Å². The lowest BCUT2D eigenvalue weighted by molar-refractivity contribution is -0.228. The first-order chi connectivity index (χ1) is 11.9. The van der Waals surface area contributed by atoms with E-state index in [0.717, 1.165) is 12.1 Å². The van der Waals surface area contributed by atoms with Crippen LogP contribution in [-0.4, -0.2) is 12.1 Å². The normalized spacial score (nSPS) is 14.0. The van der Waals surface area contributed by atoms with Crippen LogP contribution in [0.3, 0.4) is 0 Å². The molecule has 10 heteroatoms. The van der Waals surface area contributed by atoms with E-state index in [1.165, 1.54) is 18.2 Å². The van der Waals surface area contributed by atoms with Gasteiger partial charge in [0.1, 0.15) is 0 Å². The van der Waals surface area contributed by atoms with Crippen molar-refractivity contribution in [2.24, 2.45) is 0 Å². The van der Waals surface area contributed by atoms with E-state index in [0.29, 0.717) is 6.92 Å². The zero-order valence-corrected chi connectivity index (χ0v) is 17.3. The van der Waals surface area contributed by atoms with Crippen LogP contribution in [0.15, 0.2) is 30.3 Å². The van der Waals surface area contributed by atoms with Crippen LogP contribution in [-0.2, 0) is 5.67 Å². The van der Waals surface area contributed by atoms with E-state index in [-0.39, 0.29) is 24.1 Å². The van der Waals surface area contributed by atoms with Gasteiger partial charge in [-0.05, 0) is 76.4 Å². The van der Waals surface area contributed by atoms with E-state index in [4.69, 9.17) is 5.73 Å². The number of nitrogens with two attached hydrogens (primary N) is 1. The minimum absolute atomic E-state index is 0.153. The summed E-state index contributed by atoms with van der Waals surface area (Å²) >= 11 is 3.35. The van der Waals surface area contributed by atoms with Crippen molar-refractivity contribution in [2.45, 2.75) is 18.8 Å². The van der Waals surface area contributed by atoms with Gasteiger partial charge in [0.05, 0.1) is 16.9 Å². The Bertz CT molecular complexity index is 845. The molecule has 0 spiro atoms. The first-order valence-electron chi connectivity index (χ1n) is 6.96. The second-order valence-electron chi connectivity index (χ2n) is 5.48. The minimum Gasteiger partial charge on any atom is -0.396 e. The van der Waals surface area contributed by atoms with Gasteiger partial charge in [-0.15, -0.1) is 0 Å². The first-order valence-corrected chi connectivity index (χ1v) is 9.12. The van der Waals surface area contributed by atoms with Crippen molar-refractivity contribution in [3.8, 4) is 0 Å². The Morgan fingerprint density at radius 1 is 1.12 bits per heavy atom. The van der Waals surface area contributed by atoms with Crippen LogP contribution in [0.25, 0.3) is 0 Å². The Hall–Kier alpha value is -1.18. The van der Waals surface area contributed by atoms with Crippen molar-refractivity contribution in [1.82, 2.24) is 0 Å². The number of carbonyl (C=O) groups is 1. The standard InChI is InChI=1S/C16H11F5I2N2O/c1-15(18,16(19,20)21)7-5-9(22)13(10(23)6-7)25-14(26)8-3-2-4-11(24)12(8)17/h2-6H,24H2,1H3,(H,25,26). The van der Waals surface area contributed by atoms with Gasteiger partial charge in [-0.1, -0.05) is 6.07 Å². The van der Waals surface area contributed by atoms with Crippen molar-refractivity contribution in [3.63, 3.8) is 0 Å². The third-order valence-corrected chi connectivity index (χ3v) is 5.33. The van der Waals surface area contributed by atoms with E-state index < -0.39 is 29.1 Å². The lowest BCUT2D eigenvalue weighted by Gasteiger charge is -2.25. The zero-order chi connectivity index (χ0) is 19.9. The minimum atomic E-state index is -5.09. The third kappa shape index (κ3) is 4.05. The Kier molecular flexibility index (Phi) is 6.05. The molecule has 3 nitrogen and oxygen atoms in total. The van der Waals surface area contributed by atoms with Gasteiger partial charge < -0.3 is 11.1 Å². The number of anilines is 2. The van der Waals surface area contributed by atoms with Gasteiger partial charge in [0.15, 0.2) is 5.82 Å². The molecule has 0 bridgehead atoms. The number of nitrogens with one attached hydrogen (secondary N) is 1. The Labute approximate surface area is 172 Å². The molecule has 0 aliphatic heterocycles. The molecule has 0 saturated carbocycles. The molecular weight excluding hydrogens is 585 g/mol. The van der Waals surface area contributed by atoms with Crippen molar-refractivity contribution in [1.29, 1.82) is 0 Å². The van der Waals surface area contributed by atoms with Gasteiger partial charge in [0.2, 0.25) is 5.67 Å². The number of rotatable bonds is 3. The maximum Gasteiger partial charge on any atom is 0.426 e. The Morgan fingerprint density at radius 2 is 1.65 bits per heavy atom. The predicted octanol–water partition coefficient (Wildman–Crippen LogP) is 5.62. The molecule has 0 heterocycles. The molecule has 0 aliphatic rings. The van der Waals surface area contributed by atoms with Crippen molar-refractivity contribution >= 4 is 62.5 Å². The summed E-state index contributed by atoms with van der Waals surface area (Å²) in [6.07, 6.45) is -5.09. The first kappa shape index (κ1) is 21.1. The highest BCUT2D eigenvalue weighted by Crippen LogP contribution is 2.44. The van der Waals surface area contributed by atoms with Crippen LogP contribution in [0, 0.1) is 13.0 Å². The molecule has 1 unspecified atom stereocenters. The Morgan fingerprint density at radius 3 is 2.15 bits per heavy atom. The van der Waals surface area contributed by atoms with Gasteiger partial charge in [0, 0.05) is 12.7 Å². The molecular formula is C16H11F5I2N2O. The largest absolute Gasteiger partial charge is 0.426 e. The summed E-state index contributed by atoms with van der Waals surface area (Å²) in [7, 11) is 0. The molecule has 0 aromatic heterocycles. The third-order valence-electron chi connectivity index (χ3n) is 3.63. The summed E-state index contributed by atoms with van der Waals surface area (Å²) in [6, 6.07) is 5.87. The molecule has 26 heavy (non-hydrogen) atoms. The number of nitrogen functional groups attached to an aromatic ring is 1. The highest BCUT2D eigenvalue weighted by molar-refractivity contribution is 14.1. The number of hydrogen-bond acceptors (Lipinski definition) is 2. The Balaban J connectivity index is 2.41. The molecule has 0 saturated heterocycles. The van der Waals surface area contributed by atoms with Gasteiger partial charge in [-0.25, -0.2) is 8.78 Å². The van der Waals surface area contributed by atoms with Crippen LogP contribution in [0.4, 0.5) is 33.3 Å². The van der Waals surface area contributed by atoms with Gasteiger partial charge in [-0.2, -0.15) is 13.2 Å². The molecule has 0 fully saturated rings. The molecule has 2 aromatic carbocycles. The smallest absolute Gasteiger partial charge is 0.396 e. The fourth-order valence-corrected chi connectivity index (χ4v) is 4.07. The van der Waals surface area contributed by atoms with Crippen molar-refractivity contribution in [2.75, 3.05) is 11.1 Å². The average Bonchev–Trinajstić information content (AvgIpc) is 2.52. The number of alkyl halides is 4. The zero-order valence-electron chi connectivity index (χ0n) is 13.0. The SMILES string of the molecule is CC(F)(c1cc(I)c(NC(=O)c2cccc(N)c2F)c(I)c1)C(F)(F)F. The fraction of sp³-hybridized carbons (Fsp3) is 0.188. The number of hydrogen-bond donors (Lipinski definition) is 2. The fourth-order valence-electron chi connectivity index (χ4n) is 2.03. The molecule has 140 valence electrons. The van der Waals surface area contributed by atoms with Crippen LogP contribution >= 0.6 is 45.2 Å². The predicted molar refractivity (Wildman–Crippen MR) is 105 cm³/mol. The summed E-state index contributed by atoms with van der Waals surface area (Å²) < 4.78 is 67.1. The lowest BCUT2D eigenvalue weighted by atomic mass is 9.97. The second kappa shape index (κ2) is 7.44. The second-order valence-corrected chi connectivity index (χ2v) is 7.80. The van der Waals surface area contributed by atoms with Crippen LogP contribution in [0.5, 0.6) is 0 Å². The molecule has 1 atom stereocenters. The summed E-state index contributed by atoms with van der Waals surface area (Å²) in [5, 5.41) is 2.43. The quantitative estimate of drug-likeness (QED) is 0.275. The lowest BCUT2D eigenvalue weighted by Crippen LogP contribution is -2.35. The van der Waals surface area contributed by atoms with E-state index in [2.05, 4.69) is 5.32 Å². The van der Waals surface area contributed by atoms with Crippen molar-refractivity contribution < 1.29 is 26.7 Å². The van der Waals surface area contributed by atoms with Crippen molar-refractivity contribution in [3.05, 3.63) is 54.4 Å². The van der Waals surface area contributed by atoms with Crippen LogP contribution in [0.2, 0.25) is 0 Å². The van der Waals surface area contributed by atoms with Crippen LogP contribution < -0.4 is 11.1 Å². The maximum atomic E-state index is 14.2. The number of amides is 1. The maximum absolute atomic E-state index is 14.2. The molecule has 3 N–H and O–H groups in total. The van der Waals surface area contributed by atoms with E-state index in [1.54, 1.807) is 45.2 Å². The average molecular weight is 596 g/mol. The van der Waals surface area contributed by atoms with E-state index in [9.17, 15) is 26.7 Å². The summed E-state index contributed by atoms with van der Waals surface area (Å²) in [4.78, 5) is 12.3. The molecule has 0 radical (unpaired) electrons. The molecule has 2 rings (SSSR count). The molecule has 0 aliphatic carbocycles. The van der Waals surface area contributed by atoms with Crippen LogP contribution in [0.1, 0.15) is 22.8 Å². The number of benzene rings is 2. The molecule has 2 aromatic rings. The number of carbonyl (C=O) groups excluding carboxylic acids is 1. The van der Waals surface area contributed by atoms with Gasteiger partial charge in [-0.3, -0.25) is 4.79 Å². The van der Waals surface area contributed by atoms with Gasteiger partial charge in [0.25, 0.3) is 5.91 Å². The monoisotopic (exact) mass is 596 g/mol. The summed E-state index contributed by atoms with van der Waals surface area (Å²) in [5.74, 6) is -1.72. The molecule has 1 amide bonds. The topological polar surface area (TPSA) is 55.1 Å². The van der Waals surface area contributed by atoms with E-state index in [1.807, 2.05) is 0 Å². The highest BCUT2D eigenvalue weighted by atomic mass is 127. The highest BCUT2D eigenvalue weighted by Gasteiger charge is 2.53. The summed E-state index contributed by atoms with van der Waals surface area (Å²) in [6.45, 7) is 0.425.